The van der Waals surface area contributed by atoms with Crippen LogP contribution >= 0.6 is 0 Å². The Morgan fingerprint density at radius 2 is 1.96 bits per heavy atom. The zero-order valence-electron chi connectivity index (χ0n) is 16.1. The van der Waals surface area contributed by atoms with Crippen LogP contribution in [0.5, 0.6) is 5.75 Å². The molecule has 0 aliphatic heterocycles. The Balaban J connectivity index is 1.92. The molecule has 0 spiro atoms. The van der Waals surface area contributed by atoms with E-state index in [1.54, 1.807) is 0 Å². The Morgan fingerprint density at radius 3 is 2.67 bits per heavy atom. The van der Waals surface area contributed by atoms with Crippen LogP contribution in [0.25, 0.3) is 0 Å². The number of H-pyrrole nitrogens is 2. The Hall–Kier alpha value is -2.70. The second-order valence-corrected chi connectivity index (χ2v) is 7.30. The van der Waals surface area contributed by atoms with E-state index in [1.807, 2.05) is 6.92 Å². The number of tetrazole rings is 1. The molecular formula is C20H26N6O. The zero-order chi connectivity index (χ0) is 19.0. The summed E-state index contributed by atoms with van der Waals surface area (Å²) in [5.74, 6) is 1.25. The Labute approximate surface area is 158 Å². The second kappa shape index (κ2) is 7.13. The van der Waals surface area contributed by atoms with Crippen molar-refractivity contribution < 1.29 is 5.11 Å². The molecule has 1 atom stereocenters. The predicted octanol–water partition coefficient (Wildman–Crippen LogP) is 2.92. The maximum absolute atomic E-state index is 10.6. The fourth-order valence-corrected chi connectivity index (χ4v) is 4.46. The lowest BCUT2D eigenvalue weighted by atomic mass is 9.81. The van der Waals surface area contributed by atoms with Gasteiger partial charge in [-0.3, -0.25) is 5.10 Å². The Morgan fingerprint density at radius 1 is 1.15 bits per heavy atom. The average Bonchev–Trinajstić information content (AvgIpc) is 3.42. The molecule has 1 unspecified atom stereocenters. The van der Waals surface area contributed by atoms with Crippen molar-refractivity contribution in [2.24, 2.45) is 0 Å². The van der Waals surface area contributed by atoms with Crippen LogP contribution in [0.1, 0.15) is 71.2 Å². The van der Waals surface area contributed by atoms with E-state index in [0.29, 0.717) is 18.0 Å². The number of hydrogen-bond acceptors (Lipinski definition) is 5. The van der Waals surface area contributed by atoms with E-state index in [9.17, 15) is 5.11 Å². The largest absolute Gasteiger partial charge is 0.507 e. The van der Waals surface area contributed by atoms with Gasteiger partial charge >= 0.3 is 0 Å². The highest BCUT2D eigenvalue weighted by molar-refractivity contribution is 5.55. The average molecular weight is 366 g/mol. The minimum atomic E-state index is 0.0948. The fourth-order valence-electron chi connectivity index (χ4n) is 4.46. The minimum absolute atomic E-state index is 0.0948. The summed E-state index contributed by atoms with van der Waals surface area (Å²) in [7, 11) is 0. The smallest absolute Gasteiger partial charge is 0.175 e. The number of phenolic OH excluding ortho intramolecular Hbond substituents is 1. The molecule has 1 aliphatic rings. The van der Waals surface area contributed by atoms with Gasteiger partial charge in [-0.1, -0.05) is 25.1 Å². The molecule has 2 aromatic heterocycles. The quantitative estimate of drug-likeness (QED) is 0.622. The number of aromatic hydroxyl groups is 1. The number of fused-ring (bicyclic) bond motifs is 1. The van der Waals surface area contributed by atoms with Gasteiger partial charge in [0.2, 0.25) is 0 Å². The first-order valence-electron chi connectivity index (χ1n) is 9.76. The number of aromatic amines is 2. The first-order chi connectivity index (χ1) is 13.1. The number of aromatic nitrogens is 6. The highest BCUT2D eigenvalue weighted by atomic mass is 16.3. The van der Waals surface area contributed by atoms with Gasteiger partial charge in [0.15, 0.2) is 5.82 Å². The third-order valence-electron chi connectivity index (χ3n) is 5.75. The molecule has 1 aromatic carbocycles. The molecular weight excluding hydrogens is 340 g/mol. The lowest BCUT2D eigenvalue weighted by molar-refractivity contribution is 0.464. The van der Waals surface area contributed by atoms with Crippen LogP contribution in [0.15, 0.2) is 6.07 Å². The summed E-state index contributed by atoms with van der Waals surface area (Å²) >= 11 is 0. The lowest BCUT2D eigenvalue weighted by Crippen LogP contribution is -2.13. The highest BCUT2D eigenvalue weighted by Gasteiger charge is 2.30. The van der Waals surface area contributed by atoms with E-state index in [0.717, 1.165) is 54.6 Å². The monoisotopic (exact) mass is 366 g/mol. The van der Waals surface area contributed by atoms with Crippen LogP contribution in [0.4, 0.5) is 0 Å². The molecule has 3 N–H and O–H groups in total. The summed E-state index contributed by atoms with van der Waals surface area (Å²) in [6.45, 7) is 6.27. The molecule has 7 nitrogen and oxygen atoms in total. The van der Waals surface area contributed by atoms with Gasteiger partial charge < -0.3 is 5.11 Å². The van der Waals surface area contributed by atoms with Gasteiger partial charge in [0, 0.05) is 23.6 Å². The van der Waals surface area contributed by atoms with Crippen LogP contribution in [0.2, 0.25) is 0 Å². The molecule has 27 heavy (non-hydrogen) atoms. The predicted molar refractivity (Wildman–Crippen MR) is 102 cm³/mol. The van der Waals surface area contributed by atoms with Crippen LogP contribution in [0.3, 0.4) is 0 Å². The van der Waals surface area contributed by atoms with Crippen LogP contribution in [-0.2, 0) is 32.1 Å². The van der Waals surface area contributed by atoms with Crippen molar-refractivity contribution in [3.63, 3.8) is 0 Å². The van der Waals surface area contributed by atoms with Crippen molar-refractivity contribution in [2.75, 3.05) is 0 Å². The number of aryl methyl sites for hydroxylation is 3. The van der Waals surface area contributed by atoms with Crippen molar-refractivity contribution in [3.05, 3.63) is 51.1 Å². The third kappa shape index (κ3) is 3.01. The van der Waals surface area contributed by atoms with Crippen LogP contribution in [0, 0.1) is 6.92 Å². The summed E-state index contributed by atoms with van der Waals surface area (Å²) in [6.07, 6.45) is 5.45. The number of nitrogens with zero attached hydrogens (tertiary/aromatic N) is 4. The summed E-state index contributed by atoms with van der Waals surface area (Å²) in [4.78, 5) is 0. The number of benzene rings is 1. The summed E-state index contributed by atoms with van der Waals surface area (Å²) in [5, 5.41) is 33.1. The van der Waals surface area contributed by atoms with Crippen molar-refractivity contribution in [1.82, 2.24) is 30.8 Å². The molecule has 0 saturated carbocycles. The van der Waals surface area contributed by atoms with Crippen LogP contribution < -0.4 is 0 Å². The zero-order valence-corrected chi connectivity index (χ0v) is 16.1. The van der Waals surface area contributed by atoms with E-state index >= 15 is 0 Å². The highest BCUT2D eigenvalue weighted by Crippen LogP contribution is 2.42. The number of rotatable bonds is 6. The molecule has 0 radical (unpaired) electrons. The molecule has 1 aliphatic carbocycles. The lowest BCUT2D eigenvalue weighted by Gasteiger charge is -2.22. The van der Waals surface area contributed by atoms with Gasteiger partial charge in [-0.15, -0.1) is 10.2 Å². The molecule has 2 heterocycles. The third-order valence-corrected chi connectivity index (χ3v) is 5.75. The number of phenols is 1. The summed E-state index contributed by atoms with van der Waals surface area (Å²) in [5.41, 5.74) is 8.12. The molecule has 0 amide bonds. The van der Waals surface area contributed by atoms with Gasteiger partial charge in [-0.25, -0.2) is 0 Å². The minimum Gasteiger partial charge on any atom is -0.507 e. The Bertz CT molecular complexity index is 923. The van der Waals surface area contributed by atoms with E-state index in [2.05, 4.69) is 50.7 Å². The van der Waals surface area contributed by atoms with Gasteiger partial charge in [0.05, 0.1) is 5.69 Å². The summed E-state index contributed by atoms with van der Waals surface area (Å²) < 4.78 is 0. The maximum atomic E-state index is 10.6. The van der Waals surface area contributed by atoms with Crippen molar-refractivity contribution in [1.29, 1.82) is 0 Å². The first kappa shape index (κ1) is 17.7. The number of nitrogens with one attached hydrogen (secondary N) is 2. The van der Waals surface area contributed by atoms with Gasteiger partial charge in [-0.2, -0.15) is 10.3 Å². The van der Waals surface area contributed by atoms with Gasteiger partial charge in [0.1, 0.15) is 5.75 Å². The van der Waals surface area contributed by atoms with E-state index in [4.69, 9.17) is 0 Å². The van der Waals surface area contributed by atoms with Crippen molar-refractivity contribution in [3.8, 4) is 5.75 Å². The van der Waals surface area contributed by atoms with Gasteiger partial charge in [-0.05, 0) is 61.3 Å². The normalized spacial score (nSPS) is 14.5. The maximum Gasteiger partial charge on any atom is 0.175 e. The summed E-state index contributed by atoms with van der Waals surface area (Å²) in [6, 6.07) is 2.15. The standard InChI is InChI=1S/C20H26N6O/c1-4-16-19(17(5-2)22-21-16)15(10-18-23-25-26-24-18)14-9-11(3)20(27)13-8-6-7-12(13)14/h9,15,27H,4-8,10H2,1-3H3,(H,21,22)(H,23,24,25,26). The van der Waals surface area contributed by atoms with E-state index < -0.39 is 0 Å². The van der Waals surface area contributed by atoms with Gasteiger partial charge in [0.25, 0.3) is 0 Å². The van der Waals surface area contributed by atoms with E-state index in [-0.39, 0.29) is 5.92 Å². The molecule has 142 valence electrons. The molecule has 4 rings (SSSR count). The SMILES string of the molecule is CCc1n[nH]c(CC)c1C(Cc1nn[nH]n1)c1cc(C)c(O)c2c1CCC2. The first-order valence-corrected chi connectivity index (χ1v) is 9.76. The van der Waals surface area contributed by atoms with Crippen molar-refractivity contribution >= 4 is 0 Å². The molecule has 0 fully saturated rings. The van der Waals surface area contributed by atoms with E-state index in [1.165, 1.54) is 16.7 Å². The Kier molecular flexibility index (Phi) is 4.68. The second-order valence-electron chi connectivity index (χ2n) is 7.30. The van der Waals surface area contributed by atoms with Crippen molar-refractivity contribution in [2.45, 2.75) is 65.2 Å². The fraction of sp³-hybridized carbons (Fsp3) is 0.500. The molecule has 0 saturated heterocycles. The topological polar surface area (TPSA) is 103 Å². The number of hydrogen-bond donors (Lipinski definition) is 3. The molecule has 3 aromatic rings. The molecule has 0 bridgehead atoms. The molecule has 7 heteroatoms. The van der Waals surface area contributed by atoms with Crippen LogP contribution in [-0.4, -0.2) is 35.9 Å².